The van der Waals surface area contributed by atoms with Crippen LogP contribution in [-0.4, -0.2) is 21.0 Å². The van der Waals surface area contributed by atoms with Gasteiger partial charge in [-0.1, -0.05) is 37.0 Å². The minimum absolute atomic E-state index is 0.0302. The van der Waals surface area contributed by atoms with E-state index in [9.17, 15) is 9.90 Å². The fourth-order valence-corrected chi connectivity index (χ4v) is 2.60. The first-order chi connectivity index (χ1) is 10.3. The molecule has 2 aromatic heterocycles. The zero-order chi connectivity index (χ0) is 16.4. The van der Waals surface area contributed by atoms with Gasteiger partial charge < -0.3 is 10.4 Å². The number of aryl methyl sites for hydroxylation is 1. The van der Waals surface area contributed by atoms with Gasteiger partial charge in [-0.25, -0.2) is 9.78 Å². The number of hydrogen-bond donors (Lipinski definition) is 2. The molecule has 2 N–H and O–H groups in total. The lowest BCUT2D eigenvalue weighted by molar-refractivity contribution is 0.0698. The molecule has 0 saturated heterocycles. The minimum Gasteiger partial charge on any atom is -0.478 e. The Bertz CT molecular complexity index is 733. The minimum atomic E-state index is -1.18. The first-order valence-electron chi connectivity index (χ1n) is 6.63. The fourth-order valence-electron chi connectivity index (χ4n) is 2.08. The number of carboxylic acid groups (broad SMARTS) is 1. The number of nitrogens with one attached hydrogen (secondary N) is 1. The van der Waals surface area contributed by atoms with Crippen LogP contribution in [0.4, 0.5) is 11.5 Å². The molecule has 0 saturated carbocycles. The number of carbonyl (C=O) groups is 1. The van der Waals surface area contributed by atoms with Crippen molar-refractivity contribution in [3.63, 3.8) is 0 Å². The molecule has 0 radical (unpaired) electrons. The zero-order valence-corrected chi connectivity index (χ0v) is 13.8. The molecule has 0 amide bonds. The third-order valence-corrected chi connectivity index (χ3v) is 3.62. The maximum atomic E-state index is 11.4. The predicted octanol–water partition coefficient (Wildman–Crippen LogP) is 4.66. The van der Waals surface area contributed by atoms with Gasteiger partial charge in [-0.3, -0.25) is 4.98 Å². The Balaban J connectivity index is 2.59. The number of carboxylic acids is 1. The van der Waals surface area contributed by atoms with Crippen molar-refractivity contribution in [2.24, 2.45) is 0 Å². The molecule has 5 nitrogen and oxygen atoms in total. The van der Waals surface area contributed by atoms with Gasteiger partial charge in [-0.15, -0.1) is 0 Å². The molecule has 116 valence electrons. The average Bonchev–Trinajstić information content (AvgIpc) is 2.39. The van der Waals surface area contributed by atoms with Crippen molar-refractivity contribution in [1.29, 1.82) is 0 Å². The molecule has 0 unspecified atom stereocenters. The first-order valence-corrected chi connectivity index (χ1v) is 7.38. The number of halogens is 2. The fraction of sp³-hybridized carbons (Fsp3) is 0.267. The Morgan fingerprint density at radius 2 is 2.05 bits per heavy atom. The smallest absolute Gasteiger partial charge is 0.341 e. The molecule has 7 heteroatoms. The highest BCUT2D eigenvalue weighted by molar-refractivity contribution is 6.36. The topological polar surface area (TPSA) is 75.1 Å². The monoisotopic (exact) mass is 339 g/mol. The second kappa shape index (κ2) is 6.50. The van der Waals surface area contributed by atoms with E-state index >= 15 is 0 Å². The Morgan fingerprint density at radius 3 is 2.64 bits per heavy atom. The normalized spacial score (nSPS) is 10.8. The summed E-state index contributed by atoms with van der Waals surface area (Å²) < 4.78 is 0. The number of hydrogen-bond acceptors (Lipinski definition) is 4. The third-order valence-electron chi connectivity index (χ3n) is 3.13. The maximum absolute atomic E-state index is 11.4. The molecule has 0 fully saturated rings. The van der Waals surface area contributed by atoms with Crippen molar-refractivity contribution >= 4 is 40.7 Å². The van der Waals surface area contributed by atoms with E-state index in [4.69, 9.17) is 23.2 Å². The van der Waals surface area contributed by atoms with Crippen molar-refractivity contribution in [3.8, 4) is 0 Å². The molecular formula is C15H15Cl2N3O2. The summed E-state index contributed by atoms with van der Waals surface area (Å²) in [5.74, 6) is -0.919. The van der Waals surface area contributed by atoms with E-state index in [1.807, 2.05) is 26.8 Å². The van der Waals surface area contributed by atoms with E-state index < -0.39 is 5.97 Å². The highest BCUT2D eigenvalue weighted by Crippen LogP contribution is 2.32. The summed E-state index contributed by atoms with van der Waals surface area (Å²) in [5, 5.41) is 12.5. The summed E-state index contributed by atoms with van der Waals surface area (Å²) in [6, 6.07) is 3.14. The SMILES string of the molecule is Cc1ccnc(C(C)C)c1Nc1nc(Cl)cc(Cl)c1C(=O)O. The quantitative estimate of drug-likeness (QED) is 0.792. The molecule has 0 spiro atoms. The Hall–Kier alpha value is -1.85. The van der Waals surface area contributed by atoms with Crippen LogP contribution in [-0.2, 0) is 0 Å². The Kier molecular flexibility index (Phi) is 4.88. The van der Waals surface area contributed by atoms with Crippen LogP contribution in [0.5, 0.6) is 0 Å². The van der Waals surface area contributed by atoms with Crippen LogP contribution in [0.2, 0.25) is 10.2 Å². The molecular weight excluding hydrogens is 325 g/mol. The number of anilines is 2. The van der Waals surface area contributed by atoms with E-state index in [1.54, 1.807) is 6.20 Å². The van der Waals surface area contributed by atoms with E-state index in [2.05, 4.69) is 15.3 Å². The van der Waals surface area contributed by atoms with E-state index in [-0.39, 0.29) is 27.5 Å². The van der Waals surface area contributed by atoms with Gasteiger partial charge >= 0.3 is 5.97 Å². The van der Waals surface area contributed by atoms with Gasteiger partial charge in [0.1, 0.15) is 16.5 Å². The largest absolute Gasteiger partial charge is 0.478 e. The van der Waals surface area contributed by atoms with Gasteiger partial charge in [-0.2, -0.15) is 0 Å². The summed E-state index contributed by atoms with van der Waals surface area (Å²) in [7, 11) is 0. The number of rotatable bonds is 4. The second-order valence-corrected chi connectivity index (χ2v) is 5.92. The van der Waals surface area contributed by atoms with Crippen molar-refractivity contribution in [2.45, 2.75) is 26.7 Å². The van der Waals surface area contributed by atoms with Gasteiger partial charge in [0, 0.05) is 6.20 Å². The molecule has 0 aliphatic heterocycles. The second-order valence-electron chi connectivity index (χ2n) is 5.12. The number of nitrogens with zero attached hydrogens (tertiary/aromatic N) is 2. The van der Waals surface area contributed by atoms with Gasteiger partial charge in [0.05, 0.1) is 16.4 Å². The van der Waals surface area contributed by atoms with Crippen LogP contribution in [0.1, 0.15) is 41.4 Å². The summed E-state index contributed by atoms with van der Waals surface area (Å²) >= 11 is 11.9. The van der Waals surface area contributed by atoms with Gasteiger partial charge in [0.2, 0.25) is 0 Å². The van der Waals surface area contributed by atoms with Crippen molar-refractivity contribution in [2.75, 3.05) is 5.32 Å². The summed E-state index contributed by atoms with van der Waals surface area (Å²) in [4.78, 5) is 19.8. The first kappa shape index (κ1) is 16.5. The van der Waals surface area contributed by atoms with Crippen LogP contribution >= 0.6 is 23.2 Å². The molecule has 2 rings (SSSR count). The molecule has 0 aliphatic carbocycles. The van der Waals surface area contributed by atoms with Crippen LogP contribution in [0, 0.1) is 6.92 Å². The highest BCUT2D eigenvalue weighted by atomic mass is 35.5. The Morgan fingerprint density at radius 1 is 1.36 bits per heavy atom. The highest BCUT2D eigenvalue weighted by Gasteiger charge is 2.20. The molecule has 0 aliphatic rings. The van der Waals surface area contributed by atoms with Crippen LogP contribution in [0.25, 0.3) is 0 Å². The van der Waals surface area contributed by atoms with Crippen LogP contribution < -0.4 is 5.32 Å². The molecule has 0 bridgehead atoms. The lowest BCUT2D eigenvalue weighted by atomic mass is 10.0. The van der Waals surface area contributed by atoms with Gasteiger partial charge in [0.25, 0.3) is 0 Å². The van der Waals surface area contributed by atoms with E-state index in [0.29, 0.717) is 5.69 Å². The van der Waals surface area contributed by atoms with Crippen molar-refractivity contribution in [1.82, 2.24) is 9.97 Å². The lowest BCUT2D eigenvalue weighted by Crippen LogP contribution is -2.09. The van der Waals surface area contributed by atoms with Gasteiger partial charge in [0.15, 0.2) is 0 Å². The summed E-state index contributed by atoms with van der Waals surface area (Å²) in [6.45, 7) is 5.91. The van der Waals surface area contributed by atoms with Gasteiger partial charge in [-0.05, 0) is 30.5 Å². The molecule has 2 aromatic rings. The van der Waals surface area contributed by atoms with E-state index in [1.165, 1.54) is 6.07 Å². The van der Waals surface area contributed by atoms with Crippen LogP contribution in [0.3, 0.4) is 0 Å². The lowest BCUT2D eigenvalue weighted by Gasteiger charge is -2.17. The molecule has 0 aromatic carbocycles. The Labute approximate surface area is 138 Å². The predicted molar refractivity (Wildman–Crippen MR) is 87.6 cm³/mol. The molecule has 22 heavy (non-hydrogen) atoms. The summed E-state index contributed by atoms with van der Waals surface area (Å²) in [5.41, 5.74) is 2.33. The van der Waals surface area contributed by atoms with Crippen molar-refractivity contribution in [3.05, 3.63) is 45.3 Å². The summed E-state index contributed by atoms with van der Waals surface area (Å²) in [6.07, 6.45) is 1.71. The van der Waals surface area contributed by atoms with Crippen LogP contribution in [0.15, 0.2) is 18.3 Å². The number of aromatic carboxylic acids is 1. The standard InChI is InChI=1S/C15H15Cl2N3O2/c1-7(2)12-13(8(3)4-5-18-12)20-14-11(15(21)22)9(16)6-10(17)19-14/h4-7H,1-3H3,(H,19,20)(H,21,22). The number of pyridine rings is 2. The zero-order valence-electron chi connectivity index (χ0n) is 12.3. The third kappa shape index (κ3) is 3.31. The van der Waals surface area contributed by atoms with E-state index in [0.717, 1.165) is 11.3 Å². The molecule has 0 atom stereocenters. The maximum Gasteiger partial charge on any atom is 0.341 e. The number of aromatic nitrogens is 2. The molecule has 2 heterocycles. The van der Waals surface area contributed by atoms with Crippen molar-refractivity contribution < 1.29 is 9.90 Å². The average molecular weight is 340 g/mol.